The van der Waals surface area contributed by atoms with Gasteiger partial charge in [0.15, 0.2) is 11.4 Å². The molecule has 6 atom stereocenters. The Morgan fingerprint density at radius 3 is 2.43 bits per heavy atom. The van der Waals surface area contributed by atoms with Crippen molar-refractivity contribution in [3.8, 4) is 5.75 Å². The highest BCUT2D eigenvalue weighted by atomic mass is 16.8. The summed E-state index contributed by atoms with van der Waals surface area (Å²) in [5.74, 6) is -9.73. The molecule has 1 aromatic rings. The van der Waals surface area contributed by atoms with Crippen molar-refractivity contribution in [3.63, 3.8) is 0 Å². The van der Waals surface area contributed by atoms with Crippen LogP contribution >= 0.6 is 0 Å². The Morgan fingerprint density at radius 2 is 1.86 bits per heavy atom. The molecule has 3 aliphatic carbocycles. The van der Waals surface area contributed by atoms with Gasteiger partial charge in [-0.15, -0.1) is 0 Å². The third kappa shape index (κ3) is 3.53. The topological polar surface area (TPSA) is 211 Å². The molecular weight excluding hydrogens is 490 g/mol. The molecule has 0 heterocycles. The fraction of sp³-hybridized carbons (Fsp3) is 0.458. The zero-order chi connectivity index (χ0) is 27.6. The standard InChI is InChI=1S/C24H27N3O10/c1-4-8-27(36)37-20-9-6-5-7-10(28)11(9)17(29)13-12(20)18(30)15-16(26(2)3)19(31)14(23(25)34)22(33)24(15,35)21(13)32/h5-7,12,15-16,18,20,30,35H,4,8H2,1-3H3,(H4-,25,28,29,31,32,33,34)/p+1. The van der Waals surface area contributed by atoms with Gasteiger partial charge in [-0.2, -0.15) is 0 Å². The Bertz CT molecular complexity index is 1290. The number of Topliss-reactive ketones (excluding diaryl/α,β-unsaturated/α-hetero) is 2. The molecule has 37 heavy (non-hydrogen) atoms. The van der Waals surface area contributed by atoms with Crippen LogP contribution in [0.2, 0.25) is 0 Å². The Morgan fingerprint density at radius 1 is 1.22 bits per heavy atom. The molecule has 0 radical (unpaired) electrons. The second-order valence-corrected chi connectivity index (χ2v) is 9.58. The van der Waals surface area contributed by atoms with E-state index < -0.39 is 81.6 Å². The fourth-order valence-corrected chi connectivity index (χ4v) is 5.70. The van der Waals surface area contributed by atoms with Crippen molar-refractivity contribution in [1.82, 2.24) is 4.90 Å². The number of aliphatic hydroxyl groups excluding tert-OH is 3. The van der Waals surface area contributed by atoms with Crippen LogP contribution in [-0.2, 0) is 19.2 Å². The van der Waals surface area contributed by atoms with Crippen LogP contribution in [0.3, 0.4) is 0 Å². The molecule has 7 N–H and O–H groups in total. The second-order valence-electron chi connectivity index (χ2n) is 9.58. The number of aliphatic hydroxyl groups is 4. The average molecular weight is 518 g/mol. The van der Waals surface area contributed by atoms with E-state index in [1.807, 2.05) is 0 Å². The molecule has 0 aliphatic heterocycles. The van der Waals surface area contributed by atoms with E-state index in [4.69, 9.17) is 10.6 Å². The predicted octanol–water partition coefficient (Wildman–Crippen LogP) is -0.446. The number of aromatic hydroxyl groups is 1. The number of likely N-dealkylation sites (N-methyl/N-ethyl adjacent to an activating group) is 1. The number of ketones is 2. The van der Waals surface area contributed by atoms with Gasteiger partial charge in [-0.25, -0.2) is 4.84 Å². The molecule has 0 saturated heterocycles. The molecular formula is C24H28N3O10+. The molecule has 0 aromatic heterocycles. The first-order valence-corrected chi connectivity index (χ1v) is 11.6. The van der Waals surface area contributed by atoms with E-state index in [0.29, 0.717) is 6.42 Å². The first-order valence-electron chi connectivity index (χ1n) is 11.6. The van der Waals surface area contributed by atoms with Gasteiger partial charge < -0.3 is 31.3 Å². The van der Waals surface area contributed by atoms with Gasteiger partial charge in [-0.3, -0.25) is 19.3 Å². The summed E-state index contributed by atoms with van der Waals surface area (Å²) in [4.78, 5) is 58.7. The number of hydrogen-bond acceptors (Lipinski definition) is 11. The highest BCUT2D eigenvalue weighted by molar-refractivity contribution is 6.24. The minimum absolute atomic E-state index is 0.0709. The summed E-state index contributed by atoms with van der Waals surface area (Å²) in [6.07, 6.45) is -2.94. The molecule has 1 saturated carbocycles. The summed E-state index contributed by atoms with van der Waals surface area (Å²) in [6, 6.07) is 2.52. The molecule has 13 nitrogen and oxygen atoms in total. The number of nitrogens with zero attached hydrogens (tertiary/aromatic N) is 2. The van der Waals surface area contributed by atoms with Crippen molar-refractivity contribution >= 4 is 23.2 Å². The van der Waals surface area contributed by atoms with E-state index in [-0.39, 0.29) is 22.6 Å². The van der Waals surface area contributed by atoms with Crippen LogP contribution in [0.1, 0.15) is 30.6 Å². The van der Waals surface area contributed by atoms with Gasteiger partial charge >= 0.3 is 0 Å². The van der Waals surface area contributed by atoms with Gasteiger partial charge in [-0.1, -0.05) is 19.1 Å². The van der Waals surface area contributed by atoms with Crippen LogP contribution in [0.5, 0.6) is 5.75 Å². The summed E-state index contributed by atoms with van der Waals surface area (Å²) < 4.78 is 0. The minimum Gasteiger partial charge on any atom is -0.508 e. The number of amides is 1. The smallest absolute Gasteiger partial charge is 0.255 e. The highest BCUT2D eigenvalue weighted by Gasteiger charge is 2.69. The molecule has 0 spiro atoms. The van der Waals surface area contributed by atoms with Crippen LogP contribution < -0.4 is 5.73 Å². The van der Waals surface area contributed by atoms with E-state index in [0.717, 1.165) is 0 Å². The maximum atomic E-state index is 13.9. The Balaban J connectivity index is 2.04. The zero-order valence-corrected chi connectivity index (χ0v) is 20.3. The number of carbonyl (C=O) groups excluding carboxylic acids is 3. The Hall–Kier alpha value is -3.81. The Labute approximate surface area is 210 Å². The van der Waals surface area contributed by atoms with Crippen LogP contribution in [0, 0.1) is 16.7 Å². The Kier molecular flexibility index (Phi) is 6.34. The normalized spacial score (nSPS) is 31.1. The SMILES string of the molecule is CCC[N+](=O)OC1c2cccc(O)c2C(O)=C2C(=O)C3(O)C(O)=C(C(N)=O)C(=O)C(N(C)C)C3C(O)C21. The van der Waals surface area contributed by atoms with E-state index >= 15 is 0 Å². The molecule has 0 bridgehead atoms. The van der Waals surface area contributed by atoms with E-state index in [1.54, 1.807) is 6.92 Å². The predicted molar refractivity (Wildman–Crippen MR) is 125 cm³/mol. The van der Waals surface area contributed by atoms with Crippen molar-refractivity contribution in [2.24, 2.45) is 17.6 Å². The molecule has 13 heteroatoms. The maximum absolute atomic E-state index is 13.9. The van der Waals surface area contributed by atoms with Crippen LogP contribution in [-0.4, -0.2) is 91.2 Å². The average Bonchev–Trinajstić information content (AvgIpc) is 2.80. The third-order valence-electron chi connectivity index (χ3n) is 7.23. The van der Waals surface area contributed by atoms with Gasteiger partial charge in [0.25, 0.3) is 5.91 Å². The van der Waals surface area contributed by atoms with Gasteiger partial charge in [0.2, 0.25) is 23.4 Å². The van der Waals surface area contributed by atoms with Crippen LogP contribution in [0.15, 0.2) is 35.1 Å². The second kappa shape index (κ2) is 8.94. The number of benzene rings is 1. The van der Waals surface area contributed by atoms with Crippen molar-refractivity contribution in [1.29, 1.82) is 0 Å². The highest BCUT2D eigenvalue weighted by Crippen LogP contribution is 2.56. The monoisotopic (exact) mass is 518 g/mol. The number of hydrogen-bond donors (Lipinski definition) is 6. The first-order chi connectivity index (χ1) is 17.3. The summed E-state index contributed by atoms with van der Waals surface area (Å²) in [5.41, 5.74) is 0.349. The summed E-state index contributed by atoms with van der Waals surface area (Å²) in [5, 5.41) is 55.8. The summed E-state index contributed by atoms with van der Waals surface area (Å²) in [6.45, 7) is 1.62. The lowest BCUT2D eigenvalue weighted by atomic mass is 9.55. The summed E-state index contributed by atoms with van der Waals surface area (Å²) in [7, 11) is 2.79. The lowest BCUT2D eigenvalue weighted by Crippen LogP contribution is -2.70. The van der Waals surface area contributed by atoms with E-state index in [9.17, 15) is 44.8 Å². The van der Waals surface area contributed by atoms with Crippen molar-refractivity contribution < 1.29 is 49.7 Å². The van der Waals surface area contributed by atoms with Crippen molar-refractivity contribution in [3.05, 3.63) is 51.1 Å². The molecule has 4 rings (SSSR count). The maximum Gasteiger partial charge on any atom is 0.255 e. The zero-order valence-electron chi connectivity index (χ0n) is 20.3. The molecule has 6 unspecified atom stereocenters. The van der Waals surface area contributed by atoms with Gasteiger partial charge in [0, 0.05) is 12.0 Å². The lowest BCUT2D eigenvalue weighted by molar-refractivity contribution is -0.816. The van der Waals surface area contributed by atoms with Crippen LogP contribution in [0.25, 0.3) is 5.76 Å². The van der Waals surface area contributed by atoms with Gasteiger partial charge in [0.05, 0.1) is 40.0 Å². The number of phenols is 1. The largest absolute Gasteiger partial charge is 0.508 e. The summed E-state index contributed by atoms with van der Waals surface area (Å²) >= 11 is 0. The van der Waals surface area contributed by atoms with Crippen molar-refractivity contribution in [2.75, 3.05) is 20.6 Å². The fourth-order valence-electron chi connectivity index (χ4n) is 5.70. The number of nitrogens with two attached hydrogens (primary N) is 1. The molecule has 1 amide bonds. The molecule has 198 valence electrons. The third-order valence-corrected chi connectivity index (χ3v) is 7.23. The number of rotatable bonds is 6. The molecule has 1 fully saturated rings. The van der Waals surface area contributed by atoms with Gasteiger partial charge in [-0.05, 0) is 20.2 Å². The number of carbonyl (C=O) groups is 3. The van der Waals surface area contributed by atoms with Gasteiger partial charge in [0.1, 0.15) is 22.8 Å². The number of fused-ring (bicyclic) bond motifs is 3. The number of primary amides is 1. The first kappa shape index (κ1) is 26.3. The van der Waals surface area contributed by atoms with E-state index in [1.165, 1.54) is 37.2 Å². The van der Waals surface area contributed by atoms with Crippen molar-refractivity contribution in [2.45, 2.75) is 37.2 Å². The van der Waals surface area contributed by atoms with E-state index in [2.05, 4.69) is 0 Å². The van der Waals surface area contributed by atoms with Crippen LogP contribution in [0.4, 0.5) is 0 Å². The molecule has 1 aromatic carbocycles. The molecule has 3 aliphatic rings. The number of phenolic OH excluding ortho intramolecular Hbond substituents is 1. The quantitative estimate of drug-likeness (QED) is 0.210. The lowest BCUT2D eigenvalue weighted by Gasteiger charge is -2.53. The minimum atomic E-state index is -3.06.